The summed E-state index contributed by atoms with van der Waals surface area (Å²) in [4.78, 5) is 14.8. The van der Waals surface area contributed by atoms with Crippen LogP contribution in [0.5, 0.6) is 0 Å². The summed E-state index contributed by atoms with van der Waals surface area (Å²) < 4.78 is 0. The van der Waals surface area contributed by atoms with Crippen LogP contribution in [0.1, 0.15) is 15.9 Å². The number of aromatic nitrogens is 1. The van der Waals surface area contributed by atoms with Crippen LogP contribution in [-0.2, 0) is 0 Å². The second-order valence-electron chi connectivity index (χ2n) is 3.32. The molecular formula is C11H8ClNO2. The summed E-state index contributed by atoms with van der Waals surface area (Å²) in [6.45, 7) is 1.90. The van der Waals surface area contributed by atoms with E-state index in [4.69, 9.17) is 16.7 Å². The summed E-state index contributed by atoms with van der Waals surface area (Å²) in [7, 11) is 0. The van der Waals surface area contributed by atoms with Crippen LogP contribution in [0.4, 0.5) is 0 Å². The summed E-state index contributed by atoms with van der Waals surface area (Å²) in [5, 5.41) is 10.6. The van der Waals surface area contributed by atoms with Gasteiger partial charge in [-0.2, -0.15) is 0 Å². The van der Waals surface area contributed by atoms with Crippen molar-refractivity contribution in [2.75, 3.05) is 0 Å². The van der Waals surface area contributed by atoms with Crippen molar-refractivity contribution in [2.45, 2.75) is 6.92 Å². The molecule has 4 heteroatoms. The van der Waals surface area contributed by atoms with Crippen LogP contribution in [0.3, 0.4) is 0 Å². The van der Waals surface area contributed by atoms with E-state index in [0.717, 1.165) is 5.56 Å². The van der Waals surface area contributed by atoms with Crippen molar-refractivity contribution in [3.63, 3.8) is 0 Å². The number of rotatable bonds is 1. The zero-order valence-electron chi connectivity index (χ0n) is 7.99. The van der Waals surface area contributed by atoms with E-state index in [9.17, 15) is 4.79 Å². The lowest BCUT2D eigenvalue weighted by molar-refractivity contribution is 0.0698. The molecule has 0 unspecified atom stereocenters. The van der Waals surface area contributed by atoms with Crippen molar-refractivity contribution in [2.24, 2.45) is 0 Å². The zero-order chi connectivity index (χ0) is 11.0. The maximum atomic E-state index is 11.0. The average molecular weight is 222 g/mol. The van der Waals surface area contributed by atoms with Crippen molar-refractivity contribution in [1.82, 2.24) is 4.98 Å². The highest BCUT2D eigenvalue weighted by atomic mass is 35.5. The van der Waals surface area contributed by atoms with E-state index in [0.29, 0.717) is 15.9 Å². The number of carboxylic acids is 1. The highest BCUT2D eigenvalue weighted by Gasteiger charge is 2.11. The Morgan fingerprint density at radius 3 is 2.80 bits per heavy atom. The van der Waals surface area contributed by atoms with E-state index in [1.165, 1.54) is 6.20 Å². The lowest BCUT2D eigenvalue weighted by Gasteiger charge is -2.04. The standard InChI is InChI=1S/C11H8ClNO2/c1-6-2-3-7-8(4-6)9(11(14)15)5-13-10(7)12/h2-5H,1H3,(H,14,15). The van der Waals surface area contributed by atoms with Crippen LogP contribution in [-0.4, -0.2) is 16.1 Å². The maximum absolute atomic E-state index is 11.0. The van der Waals surface area contributed by atoms with Crippen molar-refractivity contribution in [3.8, 4) is 0 Å². The minimum absolute atomic E-state index is 0.179. The molecule has 0 aliphatic rings. The Hall–Kier alpha value is -1.61. The van der Waals surface area contributed by atoms with Crippen molar-refractivity contribution < 1.29 is 9.90 Å². The Balaban J connectivity index is 2.90. The fourth-order valence-corrected chi connectivity index (χ4v) is 1.71. The van der Waals surface area contributed by atoms with Gasteiger partial charge in [0.15, 0.2) is 0 Å². The Bertz CT molecular complexity index is 552. The van der Waals surface area contributed by atoms with Gasteiger partial charge in [-0.15, -0.1) is 0 Å². The van der Waals surface area contributed by atoms with Gasteiger partial charge in [0, 0.05) is 17.0 Å². The maximum Gasteiger partial charge on any atom is 0.337 e. The first-order valence-corrected chi connectivity index (χ1v) is 4.75. The molecule has 1 aromatic carbocycles. The molecule has 3 nitrogen and oxygen atoms in total. The molecule has 0 bridgehead atoms. The lowest BCUT2D eigenvalue weighted by Crippen LogP contribution is -1.99. The van der Waals surface area contributed by atoms with Crippen LogP contribution in [0.25, 0.3) is 10.8 Å². The number of halogens is 1. The first kappa shape index (κ1) is 9.93. The minimum Gasteiger partial charge on any atom is -0.478 e. The number of pyridine rings is 1. The summed E-state index contributed by atoms with van der Waals surface area (Å²) in [5.41, 5.74) is 1.17. The van der Waals surface area contributed by atoms with E-state index in [1.54, 1.807) is 12.1 Å². The van der Waals surface area contributed by atoms with E-state index < -0.39 is 5.97 Å². The number of carbonyl (C=O) groups is 1. The normalized spacial score (nSPS) is 10.5. The van der Waals surface area contributed by atoms with Gasteiger partial charge in [-0.3, -0.25) is 0 Å². The number of aromatic carboxylic acids is 1. The molecule has 2 rings (SSSR count). The molecule has 1 heterocycles. The topological polar surface area (TPSA) is 50.2 Å². The van der Waals surface area contributed by atoms with Crippen LogP contribution in [0, 0.1) is 6.92 Å². The first-order chi connectivity index (χ1) is 7.09. The number of carboxylic acid groups (broad SMARTS) is 1. The second kappa shape index (κ2) is 3.51. The van der Waals surface area contributed by atoms with Gasteiger partial charge in [0.1, 0.15) is 5.15 Å². The molecule has 1 aromatic heterocycles. The van der Waals surface area contributed by atoms with E-state index in [-0.39, 0.29) is 5.56 Å². The lowest BCUT2D eigenvalue weighted by atomic mass is 10.1. The number of benzene rings is 1. The molecule has 0 saturated carbocycles. The fraction of sp³-hybridized carbons (Fsp3) is 0.0909. The molecule has 0 aliphatic carbocycles. The van der Waals surface area contributed by atoms with E-state index in [2.05, 4.69) is 4.98 Å². The molecule has 0 saturated heterocycles. The van der Waals surface area contributed by atoms with Crippen molar-refractivity contribution in [1.29, 1.82) is 0 Å². The third-order valence-electron chi connectivity index (χ3n) is 2.22. The third kappa shape index (κ3) is 1.66. The van der Waals surface area contributed by atoms with Gasteiger partial charge in [-0.25, -0.2) is 9.78 Å². The largest absolute Gasteiger partial charge is 0.478 e. The first-order valence-electron chi connectivity index (χ1n) is 4.38. The number of aryl methyl sites for hydroxylation is 1. The number of nitrogens with zero attached hydrogens (tertiary/aromatic N) is 1. The molecule has 2 aromatic rings. The van der Waals surface area contributed by atoms with Crippen LogP contribution in [0.2, 0.25) is 5.15 Å². The SMILES string of the molecule is Cc1ccc2c(Cl)ncc(C(=O)O)c2c1. The molecule has 0 spiro atoms. The molecule has 1 N–H and O–H groups in total. The van der Waals surface area contributed by atoms with Gasteiger partial charge in [-0.1, -0.05) is 35.4 Å². The molecule has 0 aliphatic heterocycles. The molecular weight excluding hydrogens is 214 g/mol. The highest BCUT2D eigenvalue weighted by molar-refractivity contribution is 6.34. The average Bonchev–Trinajstić information content (AvgIpc) is 2.17. The summed E-state index contributed by atoms with van der Waals surface area (Å²) in [6.07, 6.45) is 1.28. The molecule has 0 radical (unpaired) electrons. The van der Waals surface area contributed by atoms with Gasteiger partial charge >= 0.3 is 5.97 Å². The quantitative estimate of drug-likeness (QED) is 0.754. The Labute approximate surface area is 91.3 Å². The van der Waals surface area contributed by atoms with E-state index in [1.807, 2.05) is 13.0 Å². The summed E-state index contributed by atoms with van der Waals surface area (Å²) >= 11 is 5.88. The molecule has 0 amide bonds. The predicted molar refractivity (Wildman–Crippen MR) is 58.4 cm³/mol. The minimum atomic E-state index is -0.991. The molecule has 0 atom stereocenters. The van der Waals surface area contributed by atoms with Gasteiger partial charge in [0.25, 0.3) is 0 Å². The van der Waals surface area contributed by atoms with E-state index >= 15 is 0 Å². The Morgan fingerprint density at radius 1 is 1.40 bits per heavy atom. The smallest absolute Gasteiger partial charge is 0.337 e. The van der Waals surface area contributed by atoms with Crippen LogP contribution < -0.4 is 0 Å². The monoisotopic (exact) mass is 221 g/mol. The van der Waals surface area contributed by atoms with Gasteiger partial charge < -0.3 is 5.11 Å². The van der Waals surface area contributed by atoms with Gasteiger partial charge in [0.2, 0.25) is 0 Å². The van der Waals surface area contributed by atoms with Gasteiger partial charge in [0.05, 0.1) is 5.56 Å². The van der Waals surface area contributed by atoms with Gasteiger partial charge in [-0.05, 0) is 6.92 Å². The number of hydrogen-bond acceptors (Lipinski definition) is 2. The Kier molecular flexibility index (Phi) is 2.32. The Morgan fingerprint density at radius 2 is 2.13 bits per heavy atom. The predicted octanol–water partition coefficient (Wildman–Crippen LogP) is 2.89. The number of hydrogen-bond donors (Lipinski definition) is 1. The summed E-state index contributed by atoms with van der Waals surface area (Å²) in [5.74, 6) is -0.991. The van der Waals surface area contributed by atoms with Crippen LogP contribution in [0.15, 0.2) is 24.4 Å². The summed E-state index contributed by atoms with van der Waals surface area (Å²) in [6, 6.07) is 5.46. The second-order valence-corrected chi connectivity index (χ2v) is 3.67. The zero-order valence-corrected chi connectivity index (χ0v) is 8.75. The van der Waals surface area contributed by atoms with Crippen LogP contribution >= 0.6 is 11.6 Å². The number of fused-ring (bicyclic) bond motifs is 1. The molecule has 15 heavy (non-hydrogen) atoms. The highest BCUT2D eigenvalue weighted by Crippen LogP contribution is 2.25. The van der Waals surface area contributed by atoms with Crippen molar-refractivity contribution >= 4 is 28.3 Å². The molecule has 76 valence electrons. The molecule has 0 fully saturated rings. The third-order valence-corrected chi connectivity index (χ3v) is 2.53. The fourth-order valence-electron chi connectivity index (χ4n) is 1.49. The van der Waals surface area contributed by atoms with Crippen molar-refractivity contribution in [3.05, 3.63) is 40.7 Å².